The highest BCUT2D eigenvalue weighted by molar-refractivity contribution is 9.10. The third kappa shape index (κ3) is 3.37. The number of allylic oxidation sites excluding steroid dienone is 4. The van der Waals surface area contributed by atoms with Crippen LogP contribution in [0.3, 0.4) is 0 Å². The minimum atomic E-state index is -0.150. The zero-order valence-electron chi connectivity index (χ0n) is 17.7. The molecule has 2 atom stereocenters. The minimum Gasteiger partial charge on any atom is -0.511 e. The second kappa shape index (κ2) is 6.51. The van der Waals surface area contributed by atoms with E-state index in [2.05, 4.69) is 81.1 Å². The van der Waals surface area contributed by atoms with Gasteiger partial charge >= 0.3 is 0 Å². The average Bonchev–Trinajstić information content (AvgIpc) is 2.84. The molecule has 3 rings (SSSR count). The number of aryl methyl sites for hydroxylation is 1. The van der Waals surface area contributed by atoms with Gasteiger partial charge in [-0.2, -0.15) is 0 Å². The molecule has 146 valence electrons. The molecule has 0 radical (unpaired) electrons. The number of hydrogen-bond acceptors (Lipinski definition) is 2. The number of benzene rings is 1. The van der Waals surface area contributed by atoms with Crippen LogP contribution in [0.2, 0.25) is 0 Å². The van der Waals surface area contributed by atoms with Gasteiger partial charge in [-0.3, -0.25) is 0 Å². The summed E-state index contributed by atoms with van der Waals surface area (Å²) in [7, 11) is 2.04. The first-order chi connectivity index (χ1) is 12.3. The molecule has 0 aliphatic heterocycles. The predicted molar refractivity (Wildman–Crippen MR) is 117 cm³/mol. The quantitative estimate of drug-likeness (QED) is 0.533. The van der Waals surface area contributed by atoms with E-state index in [-0.39, 0.29) is 22.7 Å². The summed E-state index contributed by atoms with van der Waals surface area (Å²) >= 11 is 3.62. The van der Waals surface area contributed by atoms with Crippen molar-refractivity contribution in [2.45, 2.75) is 54.4 Å². The van der Waals surface area contributed by atoms with Gasteiger partial charge in [-0.15, -0.1) is 0 Å². The Morgan fingerprint density at radius 2 is 1.70 bits per heavy atom. The lowest BCUT2D eigenvalue weighted by Gasteiger charge is -2.39. The highest BCUT2D eigenvalue weighted by atomic mass is 79.9. The number of hydrogen-bond donors (Lipinski definition) is 1. The van der Waals surface area contributed by atoms with E-state index in [1.165, 1.54) is 5.57 Å². The fourth-order valence-corrected chi connectivity index (χ4v) is 4.71. The summed E-state index contributed by atoms with van der Waals surface area (Å²) in [5, 5.41) is 11.4. The van der Waals surface area contributed by atoms with Crippen LogP contribution in [0.5, 0.6) is 0 Å². The first-order valence-electron chi connectivity index (χ1n) is 9.60. The van der Waals surface area contributed by atoms with Crippen molar-refractivity contribution in [1.82, 2.24) is 9.55 Å². The topological polar surface area (TPSA) is 38.1 Å². The summed E-state index contributed by atoms with van der Waals surface area (Å²) in [6.07, 6.45) is 2.23. The monoisotopic (exact) mass is 430 g/mol. The highest BCUT2D eigenvalue weighted by Gasteiger charge is 2.40. The summed E-state index contributed by atoms with van der Waals surface area (Å²) in [6, 6.07) is 6.12. The molecule has 0 fully saturated rings. The summed E-state index contributed by atoms with van der Waals surface area (Å²) < 4.78 is 3.11. The van der Waals surface area contributed by atoms with Crippen LogP contribution in [0.1, 0.15) is 60.2 Å². The van der Waals surface area contributed by atoms with Crippen LogP contribution < -0.4 is 0 Å². The lowest BCUT2D eigenvalue weighted by molar-refractivity contribution is 0.282. The average molecular weight is 431 g/mol. The molecule has 1 heterocycles. The third-order valence-electron chi connectivity index (χ3n) is 5.71. The van der Waals surface area contributed by atoms with Crippen LogP contribution in [0.4, 0.5) is 0 Å². The number of nitrogens with zero attached hydrogens (tertiary/aromatic N) is 2. The van der Waals surface area contributed by atoms with E-state index in [9.17, 15) is 5.11 Å². The molecule has 0 saturated heterocycles. The van der Waals surface area contributed by atoms with Crippen molar-refractivity contribution in [2.24, 2.45) is 23.8 Å². The van der Waals surface area contributed by atoms with E-state index < -0.39 is 0 Å². The lowest BCUT2D eigenvalue weighted by atomic mass is 9.66. The van der Waals surface area contributed by atoms with E-state index in [0.717, 1.165) is 26.9 Å². The summed E-state index contributed by atoms with van der Waals surface area (Å²) in [4.78, 5) is 4.96. The van der Waals surface area contributed by atoms with E-state index in [1.54, 1.807) is 0 Å². The van der Waals surface area contributed by atoms with Crippen molar-refractivity contribution in [1.29, 1.82) is 0 Å². The molecule has 1 aromatic carbocycles. The standard InChI is InChI=1S/C23H31BrN2O/c1-13-14(22(2,3)4)12-15(23(5,6)7)20(27)18(13)21-25-19-16(24)10-9-11-17(19)26(21)8/h9-13,18,27H,1-8H3. The third-order valence-corrected chi connectivity index (χ3v) is 6.35. The fraction of sp³-hybridized carbons (Fsp3) is 0.522. The Labute approximate surface area is 171 Å². The van der Waals surface area contributed by atoms with Crippen LogP contribution in [-0.2, 0) is 7.05 Å². The van der Waals surface area contributed by atoms with Gasteiger partial charge in [0.25, 0.3) is 0 Å². The molecule has 1 N–H and O–H groups in total. The Hall–Kier alpha value is -1.55. The largest absolute Gasteiger partial charge is 0.511 e. The molecular formula is C23H31BrN2O. The van der Waals surface area contributed by atoms with E-state index in [0.29, 0.717) is 5.76 Å². The molecule has 2 aromatic rings. The van der Waals surface area contributed by atoms with Crippen LogP contribution in [0.15, 0.2) is 45.7 Å². The van der Waals surface area contributed by atoms with Crippen molar-refractivity contribution in [3.8, 4) is 0 Å². The molecule has 1 aromatic heterocycles. The number of para-hydroxylation sites is 1. The van der Waals surface area contributed by atoms with Crippen LogP contribution in [-0.4, -0.2) is 14.7 Å². The van der Waals surface area contributed by atoms with Crippen LogP contribution in [0, 0.1) is 16.7 Å². The molecule has 4 heteroatoms. The number of aromatic nitrogens is 2. The maximum atomic E-state index is 11.4. The number of aliphatic hydroxyl groups is 1. The van der Waals surface area contributed by atoms with Gasteiger partial charge in [-0.05, 0) is 50.4 Å². The summed E-state index contributed by atoms with van der Waals surface area (Å²) in [5.74, 6) is 1.39. The number of halogens is 1. The van der Waals surface area contributed by atoms with E-state index >= 15 is 0 Å². The molecule has 2 unspecified atom stereocenters. The highest BCUT2D eigenvalue weighted by Crippen LogP contribution is 2.49. The van der Waals surface area contributed by atoms with E-state index in [4.69, 9.17) is 4.98 Å². The van der Waals surface area contributed by atoms with Crippen molar-refractivity contribution < 1.29 is 5.11 Å². The van der Waals surface area contributed by atoms with Gasteiger partial charge in [-0.25, -0.2) is 4.98 Å². The van der Waals surface area contributed by atoms with E-state index in [1.807, 2.05) is 19.2 Å². The Morgan fingerprint density at radius 1 is 1.07 bits per heavy atom. The van der Waals surface area contributed by atoms with Crippen molar-refractivity contribution in [3.05, 3.63) is 51.5 Å². The minimum absolute atomic E-state index is 0.0278. The smallest absolute Gasteiger partial charge is 0.121 e. The van der Waals surface area contributed by atoms with Gasteiger partial charge in [-0.1, -0.05) is 66.2 Å². The Bertz CT molecular complexity index is 951. The summed E-state index contributed by atoms with van der Waals surface area (Å²) in [5.41, 5.74) is 4.29. The van der Waals surface area contributed by atoms with Crippen molar-refractivity contribution in [3.63, 3.8) is 0 Å². The SMILES string of the molecule is CC1C(C(C)(C)C)=CC(C(C)(C)C)=C(O)C1c1nc2c(Br)cccc2n1C. The summed E-state index contributed by atoms with van der Waals surface area (Å²) in [6.45, 7) is 15.4. The van der Waals surface area contributed by atoms with Gasteiger partial charge in [0.1, 0.15) is 17.1 Å². The molecule has 0 saturated carbocycles. The maximum Gasteiger partial charge on any atom is 0.121 e. The fourth-order valence-electron chi connectivity index (χ4n) is 4.27. The molecule has 0 bridgehead atoms. The Morgan fingerprint density at radius 3 is 2.22 bits per heavy atom. The van der Waals surface area contributed by atoms with Gasteiger partial charge in [0.2, 0.25) is 0 Å². The molecular weight excluding hydrogens is 400 g/mol. The lowest BCUT2D eigenvalue weighted by Crippen LogP contribution is -2.30. The number of aliphatic hydroxyl groups excluding tert-OH is 1. The van der Waals surface area contributed by atoms with Gasteiger partial charge in [0.05, 0.1) is 11.4 Å². The molecule has 27 heavy (non-hydrogen) atoms. The van der Waals surface area contributed by atoms with Gasteiger partial charge < -0.3 is 9.67 Å². The zero-order chi connectivity index (χ0) is 20.3. The van der Waals surface area contributed by atoms with Crippen molar-refractivity contribution >= 4 is 27.0 Å². The Balaban J connectivity index is 2.29. The maximum absolute atomic E-state index is 11.4. The van der Waals surface area contributed by atoms with Gasteiger partial charge in [0.15, 0.2) is 0 Å². The molecule has 1 aliphatic rings. The van der Waals surface area contributed by atoms with Crippen LogP contribution >= 0.6 is 15.9 Å². The Kier molecular flexibility index (Phi) is 4.87. The second-order valence-corrected chi connectivity index (χ2v) is 10.7. The molecule has 1 aliphatic carbocycles. The molecule has 0 amide bonds. The van der Waals surface area contributed by atoms with Crippen LogP contribution in [0.25, 0.3) is 11.0 Å². The first kappa shape index (κ1) is 20.2. The van der Waals surface area contributed by atoms with Gasteiger partial charge in [0, 0.05) is 11.5 Å². The number of rotatable bonds is 1. The number of imidazole rings is 1. The first-order valence-corrected chi connectivity index (χ1v) is 10.4. The normalized spacial score (nSPS) is 21.7. The zero-order valence-corrected chi connectivity index (χ0v) is 19.3. The molecule has 3 nitrogen and oxygen atoms in total. The predicted octanol–water partition coefficient (Wildman–Crippen LogP) is 6.90. The van der Waals surface area contributed by atoms with Crippen molar-refractivity contribution in [2.75, 3.05) is 0 Å². The number of fused-ring (bicyclic) bond motifs is 1. The second-order valence-electron chi connectivity index (χ2n) is 9.80. The molecule has 0 spiro atoms.